The van der Waals surface area contributed by atoms with Gasteiger partial charge >= 0.3 is 18.6 Å². The zero-order valence-electron chi connectivity index (χ0n) is 21.0. The number of ether oxygens (including phenoxy) is 1. The van der Waals surface area contributed by atoms with E-state index in [4.69, 9.17) is 16.1 Å². The molecular weight excluding hydrogens is 564 g/mol. The molecule has 0 unspecified atom stereocenters. The minimum absolute atomic E-state index is 0.0736. The Balaban J connectivity index is 1.62. The maximum atomic E-state index is 13.8. The number of hydrogen-bond acceptors (Lipinski definition) is 5. The lowest BCUT2D eigenvalue weighted by Crippen LogP contribution is -2.50. The molecule has 0 radical (unpaired) electrons. The Morgan fingerprint density at radius 2 is 1.73 bits per heavy atom. The van der Waals surface area contributed by atoms with Crippen LogP contribution in [0.25, 0.3) is 11.0 Å². The third-order valence-electron chi connectivity index (χ3n) is 6.25. The van der Waals surface area contributed by atoms with Gasteiger partial charge in [0.15, 0.2) is 11.4 Å². The van der Waals surface area contributed by atoms with Gasteiger partial charge in [-0.3, -0.25) is 10.3 Å². The number of halogens is 5. The van der Waals surface area contributed by atoms with E-state index in [1.807, 2.05) is 6.07 Å². The van der Waals surface area contributed by atoms with Gasteiger partial charge in [-0.15, -0.1) is 0 Å². The van der Waals surface area contributed by atoms with E-state index in [1.54, 1.807) is 66.7 Å². The topological polar surface area (TPSA) is 89.3 Å². The van der Waals surface area contributed by atoms with Crippen LogP contribution in [0.15, 0.2) is 102 Å². The molecule has 0 saturated heterocycles. The number of aromatic nitrogens is 2. The second-order valence-corrected chi connectivity index (χ2v) is 9.46. The molecule has 1 atom stereocenters. The Hall–Kier alpha value is -4.64. The van der Waals surface area contributed by atoms with Crippen LogP contribution >= 0.6 is 11.6 Å². The number of nitrogens with zero attached hydrogens (tertiary/aromatic N) is 2. The smallest absolute Gasteiger partial charge is 0.428 e. The molecule has 2 amide bonds. The highest BCUT2D eigenvalue weighted by Gasteiger charge is 2.44. The average molecular weight is 585 g/mol. The zero-order valence-corrected chi connectivity index (χ0v) is 21.8. The van der Waals surface area contributed by atoms with Gasteiger partial charge in [-0.2, -0.15) is 17.6 Å². The maximum Gasteiger partial charge on any atom is 0.461 e. The SMILES string of the molecule is O=C(Nc1noc2ccccc12)N[C@@](Cc1ccccc1)(c1cccc(OC(F)(F)C(F)F)c1)c1ccc(Cl)cn1. The predicted octanol–water partition coefficient (Wildman–Crippen LogP) is 7.42. The molecule has 210 valence electrons. The first-order valence-corrected chi connectivity index (χ1v) is 12.6. The van der Waals surface area contributed by atoms with Crippen LogP contribution in [0.3, 0.4) is 0 Å². The minimum Gasteiger partial charge on any atom is -0.428 e. The number of pyridine rings is 1. The van der Waals surface area contributed by atoms with E-state index in [0.29, 0.717) is 16.0 Å². The highest BCUT2D eigenvalue weighted by atomic mass is 35.5. The van der Waals surface area contributed by atoms with E-state index in [0.717, 1.165) is 17.7 Å². The Bertz CT molecular complexity index is 1650. The number of anilines is 1. The van der Waals surface area contributed by atoms with E-state index in [1.165, 1.54) is 12.3 Å². The summed E-state index contributed by atoms with van der Waals surface area (Å²) < 4.78 is 63.1. The summed E-state index contributed by atoms with van der Waals surface area (Å²) in [6, 6.07) is 23.5. The van der Waals surface area contributed by atoms with Gasteiger partial charge in [-0.25, -0.2) is 4.79 Å². The number of carbonyl (C=O) groups is 1. The van der Waals surface area contributed by atoms with Crippen molar-refractivity contribution in [2.75, 3.05) is 5.32 Å². The molecule has 0 bridgehead atoms. The molecule has 0 aliphatic heterocycles. The average Bonchev–Trinajstić information content (AvgIpc) is 3.36. The van der Waals surface area contributed by atoms with E-state index in [9.17, 15) is 22.4 Å². The lowest BCUT2D eigenvalue weighted by Gasteiger charge is -2.35. The quantitative estimate of drug-likeness (QED) is 0.176. The lowest BCUT2D eigenvalue weighted by molar-refractivity contribution is -0.253. The van der Waals surface area contributed by atoms with Gasteiger partial charge in [-0.1, -0.05) is 71.4 Å². The highest BCUT2D eigenvalue weighted by molar-refractivity contribution is 6.30. The summed E-state index contributed by atoms with van der Waals surface area (Å²) in [5.41, 5.74) is 0.153. The van der Waals surface area contributed by atoms with Crippen LogP contribution in [-0.4, -0.2) is 28.7 Å². The number of hydrogen-bond donors (Lipinski definition) is 2. The summed E-state index contributed by atoms with van der Waals surface area (Å²) in [4.78, 5) is 18.0. The van der Waals surface area contributed by atoms with Crippen LogP contribution in [0.5, 0.6) is 5.75 Å². The Morgan fingerprint density at radius 3 is 2.46 bits per heavy atom. The monoisotopic (exact) mass is 584 g/mol. The third kappa shape index (κ3) is 6.09. The van der Waals surface area contributed by atoms with Crippen LogP contribution in [0, 0.1) is 0 Å². The van der Waals surface area contributed by atoms with Crippen molar-refractivity contribution in [1.29, 1.82) is 0 Å². The van der Waals surface area contributed by atoms with Gasteiger partial charge in [0.25, 0.3) is 0 Å². The summed E-state index contributed by atoms with van der Waals surface area (Å²) in [5.74, 6) is -0.395. The number of amides is 2. The molecule has 5 aromatic rings. The molecule has 0 aliphatic carbocycles. The number of alkyl halides is 4. The molecule has 0 spiro atoms. The summed E-state index contributed by atoms with van der Waals surface area (Å²) in [6.45, 7) is 0. The third-order valence-corrected chi connectivity index (χ3v) is 6.47. The first-order valence-electron chi connectivity index (χ1n) is 12.2. The summed E-state index contributed by atoms with van der Waals surface area (Å²) >= 11 is 6.10. The standard InChI is InChI=1S/C29H21ClF4N4O3/c30-20-13-14-24(35-17-20)28(16-18-7-2-1-3-8-18,19-9-6-10-21(15-19)40-29(33,34)26(31)32)37-27(39)36-25-22-11-4-5-12-23(22)41-38-25/h1-15,17,26H,16H2,(H2,36,37,38,39)/t28-/m0/s1. The molecule has 2 N–H and O–H groups in total. The van der Waals surface area contributed by atoms with Crippen molar-refractivity contribution in [2.45, 2.75) is 24.5 Å². The first kappa shape index (κ1) is 27.9. The van der Waals surface area contributed by atoms with Crippen LogP contribution in [0.2, 0.25) is 5.02 Å². The van der Waals surface area contributed by atoms with Crippen molar-refractivity contribution in [3.8, 4) is 5.75 Å². The number of carbonyl (C=O) groups excluding carboxylic acids is 1. The Kier molecular flexibility index (Phi) is 7.80. The van der Waals surface area contributed by atoms with E-state index in [-0.39, 0.29) is 23.5 Å². The van der Waals surface area contributed by atoms with Crippen molar-refractivity contribution < 1.29 is 31.6 Å². The van der Waals surface area contributed by atoms with Gasteiger partial charge in [0.2, 0.25) is 0 Å². The second-order valence-electron chi connectivity index (χ2n) is 9.03. The molecule has 0 saturated carbocycles. The number of rotatable bonds is 9. The van der Waals surface area contributed by atoms with Gasteiger partial charge in [0.05, 0.1) is 16.1 Å². The Morgan fingerprint density at radius 1 is 0.976 bits per heavy atom. The normalized spacial score (nSPS) is 13.1. The number of fused-ring (bicyclic) bond motifs is 1. The lowest BCUT2D eigenvalue weighted by atomic mass is 9.80. The molecule has 41 heavy (non-hydrogen) atoms. The number of para-hydroxylation sites is 1. The number of urea groups is 1. The molecule has 0 fully saturated rings. The van der Waals surface area contributed by atoms with Gasteiger partial charge in [0, 0.05) is 12.6 Å². The minimum atomic E-state index is -4.74. The van der Waals surface area contributed by atoms with E-state index < -0.39 is 29.9 Å². The Labute approximate surface area is 236 Å². The van der Waals surface area contributed by atoms with E-state index in [2.05, 4.69) is 25.5 Å². The largest absolute Gasteiger partial charge is 0.461 e. The fraction of sp³-hybridized carbons (Fsp3) is 0.138. The van der Waals surface area contributed by atoms with Gasteiger partial charge < -0.3 is 14.6 Å². The maximum absolute atomic E-state index is 13.8. The van der Waals surface area contributed by atoms with Gasteiger partial charge in [-0.05, 0) is 47.5 Å². The summed E-state index contributed by atoms with van der Waals surface area (Å²) in [6.07, 6.45) is -7.35. The van der Waals surface area contributed by atoms with Crippen molar-refractivity contribution >= 4 is 34.4 Å². The molecular formula is C29H21ClF4N4O3. The highest BCUT2D eigenvalue weighted by Crippen LogP contribution is 2.37. The second kappa shape index (κ2) is 11.5. The predicted molar refractivity (Wildman–Crippen MR) is 144 cm³/mol. The molecule has 3 aromatic carbocycles. The molecule has 5 rings (SSSR count). The number of nitrogens with one attached hydrogen (secondary N) is 2. The molecule has 0 aliphatic rings. The molecule has 7 nitrogen and oxygen atoms in total. The fourth-order valence-corrected chi connectivity index (χ4v) is 4.50. The van der Waals surface area contributed by atoms with Crippen LogP contribution in [0.4, 0.5) is 28.2 Å². The zero-order chi connectivity index (χ0) is 29.0. The first-order chi connectivity index (χ1) is 19.7. The van der Waals surface area contributed by atoms with Crippen molar-refractivity contribution in [1.82, 2.24) is 15.5 Å². The van der Waals surface area contributed by atoms with Crippen molar-refractivity contribution in [3.05, 3.63) is 119 Å². The molecule has 12 heteroatoms. The summed E-state index contributed by atoms with van der Waals surface area (Å²) in [7, 11) is 0. The molecule has 2 aromatic heterocycles. The van der Waals surface area contributed by atoms with Crippen LogP contribution in [0.1, 0.15) is 16.8 Å². The van der Waals surface area contributed by atoms with Crippen LogP contribution in [-0.2, 0) is 12.0 Å². The van der Waals surface area contributed by atoms with E-state index >= 15 is 0 Å². The van der Waals surface area contributed by atoms with Crippen molar-refractivity contribution in [3.63, 3.8) is 0 Å². The summed E-state index contributed by atoms with van der Waals surface area (Å²) in [5, 5.41) is 10.4. The molecule has 2 heterocycles. The van der Waals surface area contributed by atoms with Crippen molar-refractivity contribution in [2.24, 2.45) is 0 Å². The number of benzene rings is 3. The van der Waals surface area contributed by atoms with Crippen LogP contribution < -0.4 is 15.4 Å². The van der Waals surface area contributed by atoms with Gasteiger partial charge in [0.1, 0.15) is 11.3 Å². The fourth-order valence-electron chi connectivity index (χ4n) is 4.39.